The van der Waals surface area contributed by atoms with Gasteiger partial charge in [0.2, 0.25) is 5.91 Å². The van der Waals surface area contributed by atoms with Crippen LogP contribution < -0.4 is 11.1 Å². The number of morpholine rings is 1. The molecule has 1 atom stereocenters. The van der Waals surface area contributed by atoms with Crippen molar-refractivity contribution in [2.45, 2.75) is 25.8 Å². The molecule has 2 rings (SSSR count). The summed E-state index contributed by atoms with van der Waals surface area (Å²) in [6, 6.07) is 7.85. The van der Waals surface area contributed by atoms with Crippen LogP contribution in [0.25, 0.3) is 0 Å². The van der Waals surface area contributed by atoms with Gasteiger partial charge in [-0.05, 0) is 25.0 Å². The van der Waals surface area contributed by atoms with Crippen molar-refractivity contribution >= 4 is 36.4 Å². The van der Waals surface area contributed by atoms with Crippen molar-refractivity contribution in [1.29, 1.82) is 0 Å². The molecule has 1 fully saturated rings. The molecule has 1 unspecified atom stereocenters. The minimum absolute atomic E-state index is 0. The van der Waals surface area contributed by atoms with Gasteiger partial charge < -0.3 is 15.8 Å². The molecule has 1 aromatic carbocycles. The van der Waals surface area contributed by atoms with Gasteiger partial charge in [0.25, 0.3) is 0 Å². The number of para-hydroxylation sites is 1. The number of aryl methyl sites for hydroxylation is 1. The number of hydrogen-bond donors (Lipinski definition) is 2. The van der Waals surface area contributed by atoms with Crippen molar-refractivity contribution in [3.8, 4) is 0 Å². The van der Waals surface area contributed by atoms with E-state index in [1.807, 2.05) is 31.2 Å². The molecule has 0 bridgehead atoms. The van der Waals surface area contributed by atoms with Crippen LogP contribution in [-0.2, 0) is 16.0 Å². The number of ether oxygens (including phenoxy) is 1. The van der Waals surface area contributed by atoms with Crippen molar-refractivity contribution < 1.29 is 9.53 Å². The van der Waals surface area contributed by atoms with Crippen LogP contribution in [0, 0.1) is 0 Å². The fourth-order valence-electron chi connectivity index (χ4n) is 2.57. The van der Waals surface area contributed by atoms with E-state index in [2.05, 4.69) is 10.2 Å². The first-order valence-electron chi connectivity index (χ1n) is 7.58. The largest absolute Gasteiger partial charge is 0.399 e. The number of hydrogen-bond acceptors (Lipinski definition) is 4. The summed E-state index contributed by atoms with van der Waals surface area (Å²) in [5, 5.41) is 3.05. The summed E-state index contributed by atoms with van der Waals surface area (Å²) in [6.45, 7) is 6.39. The van der Waals surface area contributed by atoms with Crippen LogP contribution in [0.15, 0.2) is 24.3 Å². The van der Waals surface area contributed by atoms with Gasteiger partial charge in [0.05, 0.1) is 13.2 Å². The maximum atomic E-state index is 12.0. The number of benzene rings is 1. The van der Waals surface area contributed by atoms with E-state index in [9.17, 15) is 4.79 Å². The summed E-state index contributed by atoms with van der Waals surface area (Å²) in [6.07, 6.45) is 1.16. The number of carbonyl (C=O) groups is 1. The minimum Gasteiger partial charge on any atom is -0.399 e. The number of anilines is 1. The van der Waals surface area contributed by atoms with Crippen LogP contribution in [-0.4, -0.2) is 49.7 Å². The second-order valence-corrected chi connectivity index (χ2v) is 5.58. The number of nitrogens with zero attached hydrogens (tertiary/aromatic N) is 1. The molecule has 1 aliphatic rings. The normalized spacial score (nSPS) is 15.9. The van der Waals surface area contributed by atoms with E-state index in [1.165, 1.54) is 0 Å². The summed E-state index contributed by atoms with van der Waals surface area (Å²) >= 11 is 0. The molecule has 5 nitrogen and oxygen atoms in total. The zero-order valence-electron chi connectivity index (χ0n) is 13.5. The third-order valence-electron chi connectivity index (χ3n) is 3.72. The summed E-state index contributed by atoms with van der Waals surface area (Å²) in [7, 11) is 0. The first kappa shape index (κ1) is 22.0. The molecule has 0 aromatic heterocycles. The standard InChI is InChI=1S/C16H25N3O2.2ClH/c1-13(12-19-8-10-21-11-9-19)18-16(20)7-6-14-4-2-3-5-15(14)17;;/h2-5,13H,6-12,17H2,1H3,(H,18,20);2*1H. The lowest BCUT2D eigenvalue weighted by Crippen LogP contribution is -2.46. The van der Waals surface area contributed by atoms with Crippen LogP contribution in [0.1, 0.15) is 18.9 Å². The van der Waals surface area contributed by atoms with Gasteiger partial charge in [-0.1, -0.05) is 18.2 Å². The Hall–Kier alpha value is -1.01. The molecule has 23 heavy (non-hydrogen) atoms. The molecule has 0 aliphatic carbocycles. The first-order chi connectivity index (χ1) is 10.1. The summed E-state index contributed by atoms with van der Waals surface area (Å²) < 4.78 is 5.32. The maximum Gasteiger partial charge on any atom is 0.220 e. The lowest BCUT2D eigenvalue weighted by Gasteiger charge is -2.29. The minimum atomic E-state index is 0. The van der Waals surface area contributed by atoms with E-state index in [0.29, 0.717) is 12.8 Å². The zero-order valence-corrected chi connectivity index (χ0v) is 15.1. The third kappa shape index (κ3) is 7.88. The number of carbonyl (C=O) groups excluding carboxylic acids is 1. The average molecular weight is 364 g/mol. The molecular formula is C16H27Cl2N3O2. The number of halogens is 2. The van der Waals surface area contributed by atoms with Gasteiger partial charge in [-0.3, -0.25) is 9.69 Å². The number of amides is 1. The molecule has 3 N–H and O–H groups in total. The Kier molecular flexibility index (Phi) is 11.0. The van der Waals surface area contributed by atoms with Gasteiger partial charge in [-0.15, -0.1) is 24.8 Å². The Bertz CT molecular complexity index is 468. The highest BCUT2D eigenvalue weighted by atomic mass is 35.5. The van der Waals surface area contributed by atoms with Crippen molar-refractivity contribution in [2.75, 3.05) is 38.6 Å². The molecule has 1 aromatic rings. The van der Waals surface area contributed by atoms with Crippen LogP contribution >= 0.6 is 24.8 Å². The molecule has 1 aliphatic heterocycles. The van der Waals surface area contributed by atoms with Gasteiger partial charge in [0.1, 0.15) is 0 Å². The Morgan fingerprint density at radius 3 is 2.61 bits per heavy atom. The number of nitrogens with two attached hydrogens (primary N) is 1. The maximum absolute atomic E-state index is 12.0. The quantitative estimate of drug-likeness (QED) is 0.757. The Morgan fingerprint density at radius 1 is 1.30 bits per heavy atom. The average Bonchev–Trinajstić information content (AvgIpc) is 2.47. The molecular weight excluding hydrogens is 337 g/mol. The van der Waals surface area contributed by atoms with E-state index in [0.717, 1.165) is 44.1 Å². The predicted octanol–water partition coefficient (Wildman–Crippen LogP) is 1.88. The first-order valence-corrected chi connectivity index (χ1v) is 7.58. The fraction of sp³-hybridized carbons (Fsp3) is 0.562. The van der Waals surface area contributed by atoms with E-state index < -0.39 is 0 Å². The molecule has 132 valence electrons. The highest BCUT2D eigenvalue weighted by Crippen LogP contribution is 2.12. The lowest BCUT2D eigenvalue weighted by molar-refractivity contribution is -0.121. The van der Waals surface area contributed by atoms with Crippen molar-refractivity contribution in [3.63, 3.8) is 0 Å². The zero-order chi connectivity index (χ0) is 15.1. The molecule has 1 saturated heterocycles. The van der Waals surface area contributed by atoms with E-state index in [-0.39, 0.29) is 36.8 Å². The van der Waals surface area contributed by atoms with Crippen LogP contribution in [0.5, 0.6) is 0 Å². The SMILES string of the molecule is CC(CN1CCOCC1)NC(=O)CCc1ccccc1N.Cl.Cl. The molecule has 1 heterocycles. The molecule has 0 spiro atoms. The van der Waals surface area contributed by atoms with Crippen LogP contribution in [0.2, 0.25) is 0 Å². The van der Waals surface area contributed by atoms with Gasteiger partial charge in [0, 0.05) is 37.8 Å². The van der Waals surface area contributed by atoms with Gasteiger partial charge in [-0.2, -0.15) is 0 Å². The molecule has 7 heteroatoms. The van der Waals surface area contributed by atoms with Crippen molar-refractivity contribution in [2.24, 2.45) is 0 Å². The van der Waals surface area contributed by atoms with Crippen LogP contribution in [0.3, 0.4) is 0 Å². The predicted molar refractivity (Wildman–Crippen MR) is 98.5 cm³/mol. The van der Waals surface area contributed by atoms with E-state index >= 15 is 0 Å². The summed E-state index contributed by atoms with van der Waals surface area (Å²) in [5.41, 5.74) is 7.67. The second-order valence-electron chi connectivity index (χ2n) is 5.58. The van der Waals surface area contributed by atoms with Gasteiger partial charge in [-0.25, -0.2) is 0 Å². The summed E-state index contributed by atoms with van der Waals surface area (Å²) in [4.78, 5) is 14.3. The fourth-order valence-corrected chi connectivity index (χ4v) is 2.57. The second kappa shape index (κ2) is 11.5. The summed E-state index contributed by atoms with van der Waals surface area (Å²) in [5.74, 6) is 0.0824. The van der Waals surface area contributed by atoms with E-state index in [4.69, 9.17) is 10.5 Å². The third-order valence-corrected chi connectivity index (χ3v) is 3.72. The smallest absolute Gasteiger partial charge is 0.220 e. The Labute approximate surface area is 150 Å². The molecule has 0 saturated carbocycles. The highest BCUT2D eigenvalue weighted by molar-refractivity contribution is 5.85. The highest BCUT2D eigenvalue weighted by Gasteiger charge is 2.15. The van der Waals surface area contributed by atoms with Gasteiger partial charge >= 0.3 is 0 Å². The number of nitrogen functional groups attached to an aromatic ring is 1. The van der Waals surface area contributed by atoms with E-state index in [1.54, 1.807) is 0 Å². The monoisotopic (exact) mass is 363 g/mol. The van der Waals surface area contributed by atoms with Gasteiger partial charge in [0.15, 0.2) is 0 Å². The number of rotatable bonds is 6. The number of nitrogens with one attached hydrogen (secondary N) is 1. The van der Waals surface area contributed by atoms with Crippen LogP contribution in [0.4, 0.5) is 5.69 Å². The Morgan fingerprint density at radius 2 is 1.96 bits per heavy atom. The van der Waals surface area contributed by atoms with Crippen molar-refractivity contribution in [1.82, 2.24) is 10.2 Å². The van der Waals surface area contributed by atoms with Crippen molar-refractivity contribution in [3.05, 3.63) is 29.8 Å². The lowest BCUT2D eigenvalue weighted by atomic mass is 10.1. The Balaban J connectivity index is 0.00000242. The molecule has 1 amide bonds. The molecule has 0 radical (unpaired) electrons. The topological polar surface area (TPSA) is 67.6 Å².